The highest BCUT2D eigenvalue weighted by atomic mass is 16.7. The number of nitrogens with one attached hydrogen (secondary N) is 1. The first kappa shape index (κ1) is 63.9. The van der Waals surface area contributed by atoms with Crippen molar-refractivity contribution < 1.29 is 44.9 Å². The van der Waals surface area contributed by atoms with Crippen LogP contribution >= 0.6 is 0 Å². The smallest absolute Gasteiger partial charge is 0.249 e. The number of hydrogen-bond acceptors (Lipinski definition) is 9. The molecule has 10 nitrogen and oxygen atoms in total. The lowest BCUT2D eigenvalue weighted by atomic mass is 9.99. The van der Waals surface area contributed by atoms with Gasteiger partial charge in [0.05, 0.1) is 25.4 Å². The topological polar surface area (TPSA) is 169 Å². The second-order valence-electron chi connectivity index (χ2n) is 20.6. The molecule has 8 atom stereocenters. The van der Waals surface area contributed by atoms with Gasteiger partial charge in [0.1, 0.15) is 30.5 Å². The minimum atomic E-state index is -1.61. The van der Waals surface area contributed by atoms with Gasteiger partial charge in [-0.15, -0.1) is 0 Å². The third-order valence-electron chi connectivity index (χ3n) is 14.2. The van der Waals surface area contributed by atoms with E-state index in [-0.39, 0.29) is 6.61 Å². The molecule has 1 amide bonds. The van der Waals surface area contributed by atoms with Crippen LogP contribution in [0, 0.1) is 0 Å². The van der Waals surface area contributed by atoms with E-state index in [1.807, 2.05) is 6.08 Å². The number of unbranched alkanes of at least 4 members (excludes halogenated alkanes) is 39. The molecule has 1 aliphatic rings. The predicted octanol–water partition coefficient (Wildman–Crippen LogP) is 13.0. The Balaban J connectivity index is 2.24. The van der Waals surface area contributed by atoms with Crippen molar-refractivity contribution in [2.24, 2.45) is 0 Å². The number of carbonyl (C=O) groups is 1. The molecule has 10 heteroatoms. The van der Waals surface area contributed by atoms with E-state index in [2.05, 4.69) is 19.2 Å². The van der Waals surface area contributed by atoms with E-state index in [4.69, 9.17) is 9.47 Å². The van der Waals surface area contributed by atoms with Crippen molar-refractivity contribution in [3.8, 4) is 0 Å². The van der Waals surface area contributed by atoms with Crippen LogP contribution in [-0.4, -0.2) is 98.7 Å². The summed E-state index contributed by atoms with van der Waals surface area (Å²) < 4.78 is 11.2. The number of aliphatic hydroxyl groups excluding tert-OH is 6. The zero-order valence-electron chi connectivity index (χ0n) is 43.8. The first-order valence-corrected chi connectivity index (χ1v) is 29.0. The largest absolute Gasteiger partial charge is 0.394 e. The Kier molecular flexibility index (Phi) is 45.0. The van der Waals surface area contributed by atoms with Crippen LogP contribution in [0.25, 0.3) is 0 Å². The van der Waals surface area contributed by atoms with Gasteiger partial charge in [-0.1, -0.05) is 276 Å². The summed E-state index contributed by atoms with van der Waals surface area (Å²) in [6.45, 7) is 3.65. The van der Waals surface area contributed by atoms with E-state index in [0.29, 0.717) is 6.42 Å². The van der Waals surface area contributed by atoms with Crippen LogP contribution in [-0.2, 0) is 14.3 Å². The molecule has 7 N–H and O–H groups in total. The molecule has 0 aromatic heterocycles. The highest BCUT2D eigenvalue weighted by molar-refractivity contribution is 5.80. The fourth-order valence-corrected chi connectivity index (χ4v) is 9.52. The van der Waals surface area contributed by atoms with Gasteiger partial charge in [0.25, 0.3) is 0 Å². The minimum absolute atomic E-state index is 0.300. The molecular weight excluding hydrogens is 843 g/mol. The molecule has 1 fully saturated rings. The Labute approximate surface area is 412 Å². The summed E-state index contributed by atoms with van der Waals surface area (Å²) in [6, 6.07) is -0.976. The quantitative estimate of drug-likeness (QED) is 0.0232. The molecule has 398 valence electrons. The summed E-state index contributed by atoms with van der Waals surface area (Å²) in [7, 11) is 0. The summed E-state index contributed by atoms with van der Waals surface area (Å²) in [5.41, 5.74) is 0. The van der Waals surface area contributed by atoms with Gasteiger partial charge in [-0.05, 0) is 19.3 Å². The average molecular weight is 955 g/mol. The average Bonchev–Trinajstić information content (AvgIpc) is 3.33. The minimum Gasteiger partial charge on any atom is -0.394 e. The van der Waals surface area contributed by atoms with Crippen LogP contribution in [0.2, 0.25) is 0 Å². The van der Waals surface area contributed by atoms with Gasteiger partial charge in [0.2, 0.25) is 5.91 Å². The molecule has 0 radical (unpaired) electrons. The fourth-order valence-electron chi connectivity index (χ4n) is 9.52. The lowest BCUT2D eigenvalue weighted by molar-refractivity contribution is -0.302. The van der Waals surface area contributed by atoms with Crippen molar-refractivity contribution in [3.63, 3.8) is 0 Å². The molecule has 1 aliphatic heterocycles. The lowest BCUT2D eigenvalue weighted by Gasteiger charge is -2.40. The van der Waals surface area contributed by atoms with Gasteiger partial charge >= 0.3 is 0 Å². The third-order valence-corrected chi connectivity index (χ3v) is 14.2. The highest BCUT2D eigenvalue weighted by Crippen LogP contribution is 2.23. The van der Waals surface area contributed by atoms with Crippen LogP contribution in [0.1, 0.15) is 284 Å². The fraction of sp³-hybridized carbons (Fsp3) is 0.947. The van der Waals surface area contributed by atoms with Crippen molar-refractivity contribution >= 4 is 5.91 Å². The van der Waals surface area contributed by atoms with Gasteiger partial charge in [0, 0.05) is 0 Å². The summed E-state index contributed by atoms with van der Waals surface area (Å²) in [5, 5.41) is 65.0. The second kappa shape index (κ2) is 47.2. The summed E-state index contributed by atoms with van der Waals surface area (Å²) in [6.07, 6.45) is 47.4. The van der Waals surface area contributed by atoms with Gasteiger partial charge in [-0.3, -0.25) is 4.79 Å². The molecule has 0 spiro atoms. The number of hydrogen-bond donors (Lipinski definition) is 7. The number of amides is 1. The molecule has 8 unspecified atom stereocenters. The molecule has 67 heavy (non-hydrogen) atoms. The maximum Gasteiger partial charge on any atom is 0.249 e. The molecule has 0 saturated carbocycles. The van der Waals surface area contributed by atoms with Crippen LogP contribution in [0.3, 0.4) is 0 Å². The highest BCUT2D eigenvalue weighted by Gasteiger charge is 2.44. The van der Waals surface area contributed by atoms with E-state index in [9.17, 15) is 35.4 Å². The molecule has 0 aromatic rings. The van der Waals surface area contributed by atoms with Crippen molar-refractivity contribution in [2.45, 2.75) is 332 Å². The number of rotatable bonds is 50. The molecule has 1 saturated heterocycles. The van der Waals surface area contributed by atoms with E-state index >= 15 is 0 Å². The third kappa shape index (κ3) is 36.5. The van der Waals surface area contributed by atoms with Crippen molar-refractivity contribution in [1.29, 1.82) is 0 Å². The van der Waals surface area contributed by atoms with E-state index in [1.54, 1.807) is 6.08 Å². The Bertz CT molecular complexity index is 1080. The number of ether oxygens (including phenoxy) is 2. The van der Waals surface area contributed by atoms with Crippen molar-refractivity contribution in [1.82, 2.24) is 5.32 Å². The van der Waals surface area contributed by atoms with Crippen LogP contribution < -0.4 is 5.32 Å². The molecule has 0 aliphatic carbocycles. The van der Waals surface area contributed by atoms with Crippen molar-refractivity contribution in [3.05, 3.63) is 12.2 Å². The van der Waals surface area contributed by atoms with Gasteiger partial charge in [-0.25, -0.2) is 0 Å². The zero-order valence-corrected chi connectivity index (χ0v) is 43.8. The van der Waals surface area contributed by atoms with E-state index in [0.717, 1.165) is 44.9 Å². The second-order valence-corrected chi connectivity index (χ2v) is 20.6. The monoisotopic (exact) mass is 954 g/mol. The number of allylic oxidation sites excluding steroid dienone is 1. The Morgan fingerprint density at radius 2 is 0.851 bits per heavy atom. The summed E-state index contributed by atoms with van der Waals surface area (Å²) in [5.74, 6) is -0.610. The van der Waals surface area contributed by atoms with Gasteiger partial charge < -0.3 is 45.4 Å². The molecule has 1 rings (SSSR count). The normalized spacial score (nSPS) is 20.1. The lowest BCUT2D eigenvalue weighted by Crippen LogP contribution is -2.60. The Hall–Kier alpha value is -1.11. The molecule has 0 bridgehead atoms. The summed E-state index contributed by atoms with van der Waals surface area (Å²) >= 11 is 0. The standard InChI is InChI=1S/C57H111NO9/c1-3-5-7-9-11-13-15-17-19-21-22-23-24-25-26-27-28-30-32-34-36-38-40-42-44-46-51(61)56(65)58-49(48-66-57-55(64)54(63)53(62)52(47-59)67-57)50(60)45-43-41-39-37-35-33-31-29-20-18-16-14-12-10-8-6-4-2/h43,45,49-55,57,59-64H,3-42,44,46-48H2,1-2H3,(H,58,65)/b45-43+. The molecule has 0 aromatic carbocycles. The summed E-state index contributed by atoms with van der Waals surface area (Å²) in [4.78, 5) is 13.1. The Morgan fingerprint density at radius 1 is 0.507 bits per heavy atom. The first-order chi connectivity index (χ1) is 32.8. The number of aliphatic hydroxyl groups is 6. The van der Waals surface area contributed by atoms with Crippen LogP contribution in [0.5, 0.6) is 0 Å². The maximum atomic E-state index is 13.1. The van der Waals surface area contributed by atoms with Crippen LogP contribution in [0.15, 0.2) is 12.2 Å². The Morgan fingerprint density at radius 3 is 1.21 bits per heavy atom. The SMILES string of the molecule is CCCCCCCCCCCCCCCCC/C=C/C(O)C(COC1OC(CO)C(O)C(O)C1O)NC(=O)C(O)CCCCCCCCCCCCCCCCCCCCCCCCCCC. The van der Waals surface area contributed by atoms with Gasteiger partial charge in [-0.2, -0.15) is 0 Å². The van der Waals surface area contributed by atoms with Crippen molar-refractivity contribution in [2.75, 3.05) is 13.2 Å². The maximum absolute atomic E-state index is 13.1. The first-order valence-electron chi connectivity index (χ1n) is 29.0. The van der Waals surface area contributed by atoms with Crippen LogP contribution in [0.4, 0.5) is 0 Å². The zero-order chi connectivity index (χ0) is 48.8. The molecule has 1 heterocycles. The number of carbonyl (C=O) groups excluding carboxylic acids is 1. The predicted molar refractivity (Wildman–Crippen MR) is 278 cm³/mol. The van der Waals surface area contributed by atoms with E-state index in [1.165, 1.54) is 218 Å². The van der Waals surface area contributed by atoms with Gasteiger partial charge in [0.15, 0.2) is 6.29 Å². The van der Waals surface area contributed by atoms with E-state index < -0.39 is 61.5 Å². The molecular formula is C57H111NO9.